The first kappa shape index (κ1) is 16.1. The van der Waals surface area contributed by atoms with Gasteiger partial charge in [0.15, 0.2) is 0 Å². The van der Waals surface area contributed by atoms with Crippen LogP contribution in [-0.4, -0.2) is 57.4 Å². The molecule has 1 saturated heterocycles. The Morgan fingerprint density at radius 1 is 1.29 bits per heavy atom. The van der Waals surface area contributed by atoms with Gasteiger partial charge in [-0.25, -0.2) is 4.79 Å². The van der Waals surface area contributed by atoms with Crippen molar-refractivity contribution in [3.8, 4) is 0 Å². The lowest BCUT2D eigenvalue weighted by Gasteiger charge is -2.36. The summed E-state index contributed by atoms with van der Waals surface area (Å²) in [4.78, 5) is 16.2. The Bertz CT molecular complexity index is 462. The molecule has 2 rings (SSSR count). The van der Waals surface area contributed by atoms with Gasteiger partial charge in [-0.3, -0.25) is 0 Å². The standard InChI is InChI=1S/C15H22BrN3O2/c1-21-12-4-7-17-15(20)19-10-8-18(9-11-19)14-6-3-2-5-13(14)16/h2-3,5-6H,4,7-12H2,1H3,(H,17,20). The molecule has 0 spiro atoms. The number of urea groups is 1. The highest BCUT2D eigenvalue weighted by Crippen LogP contribution is 2.26. The molecule has 6 heteroatoms. The van der Waals surface area contributed by atoms with Crippen molar-refractivity contribution in [1.82, 2.24) is 10.2 Å². The van der Waals surface area contributed by atoms with Crippen molar-refractivity contribution >= 4 is 27.6 Å². The predicted octanol–water partition coefficient (Wildman–Crippen LogP) is 2.32. The Morgan fingerprint density at radius 2 is 2.00 bits per heavy atom. The number of hydrogen-bond donors (Lipinski definition) is 1. The molecule has 1 aliphatic rings. The van der Waals surface area contributed by atoms with Crippen LogP contribution in [0.1, 0.15) is 6.42 Å². The number of benzene rings is 1. The summed E-state index contributed by atoms with van der Waals surface area (Å²) in [7, 11) is 1.67. The van der Waals surface area contributed by atoms with Gasteiger partial charge >= 0.3 is 6.03 Å². The van der Waals surface area contributed by atoms with Gasteiger partial charge in [0.05, 0.1) is 5.69 Å². The molecule has 1 heterocycles. The molecule has 0 radical (unpaired) electrons. The van der Waals surface area contributed by atoms with E-state index in [1.54, 1.807) is 7.11 Å². The van der Waals surface area contributed by atoms with Gasteiger partial charge in [0, 0.05) is 50.9 Å². The van der Waals surface area contributed by atoms with E-state index in [1.807, 2.05) is 23.1 Å². The predicted molar refractivity (Wildman–Crippen MR) is 87.8 cm³/mol. The van der Waals surface area contributed by atoms with Crippen LogP contribution in [0.25, 0.3) is 0 Å². The number of carbonyl (C=O) groups excluding carboxylic acids is 1. The number of methoxy groups -OCH3 is 1. The quantitative estimate of drug-likeness (QED) is 0.824. The molecule has 5 nitrogen and oxygen atoms in total. The zero-order valence-corrected chi connectivity index (χ0v) is 13.9. The van der Waals surface area contributed by atoms with E-state index in [9.17, 15) is 4.79 Å². The monoisotopic (exact) mass is 355 g/mol. The fraction of sp³-hybridized carbons (Fsp3) is 0.533. The SMILES string of the molecule is COCCCNC(=O)N1CCN(c2ccccc2Br)CC1. The summed E-state index contributed by atoms with van der Waals surface area (Å²) in [6.45, 7) is 4.55. The van der Waals surface area contributed by atoms with Crippen LogP contribution in [0.4, 0.5) is 10.5 Å². The van der Waals surface area contributed by atoms with Gasteiger partial charge in [-0.1, -0.05) is 12.1 Å². The fourth-order valence-electron chi connectivity index (χ4n) is 2.38. The maximum Gasteiger partial charge on any atom is 0.317 e. The first-order valence-electron chi connectivity index (χ1n) is 7.23. The van der Waals surface area contributed by atoms with E-state index in [0.717, 1.165) is 37.1 Å². The Labute approximate surface area is 134 Å². The second-order valence-corrected chi connectivity index (χ2v) is 5.86. The second kappa shape index (κ2) is 8.24. The zero-order chi connectivity index (χ0) is 15.1. The molecular formula is C15H22BrN3O2. The van der Waals surface area contributed by atoms with Gasteiger partial charge in [0.25, 0.3) is 0 Å². The summed E-state index contributed by atoms with van der Waals surface area (Å²) in [5, 5.41) is 2.93. The minimum absolute atomic E-state index is 0.0258. The maximum atomic E-state index is 12.0. The van der Waals surface area contributed by atoms with Crippen molar-refractivity contribution < 1.29 is 9.53 Å². The minimum atomic E-state index is 0.0258. The lowest BCUT2D eigenvalue weighted by Crippen LogP contribution is -2.52. The molecule has 0 saturated carbocycles. The molecule has 2 amide bonds. The van der Waals surface area contributed by atoms with E-state index in [-0.39, 0.29) is 6.03 Å². The molecule has 1 N–H and O–H groups in total. The largest absolute Gasteiger partial charge is 0.385 e. The van der Waals surface area contributed by atoms with Crippen molar-refractivity contribution in [2.24, 2.45) is 0 Å². The molecule has 0 aliphatic carbocycles. The number of anilines is 1. The first-order chi connectivity index (χ1) is 10.2. The number of halogens is 1. The number of para-hydroxylation sites is 1. The van der Waals surface area contributed by atoms with E-state index in [0.29, 0.717) is 13.2 Å². The van der Waals surface area contributed by atoms with E-state index in [1.165, 1.54) is 5.69 Å². The van der Waals surface area contributed by atoms with Gasteiger partial charge in [-0.15, -0.1) is 0 Å². The Kier molecular flexibility index (Phi) is 6.32. The van der Waals surface area contributed by atoms with E-state index >= 15 is 0 Å². The number of piperazine rings is 1. The van der Waals surface area contributed by atoms with E-state index in [2.05, 4.69) is 32.2 Å². The summed E-state index contributed by atoms with van der Waals surface area (Å²) in [6, 6.07) is 8.22. The van der Waals surface area contributed by atoms with Crippen LogP contribution < -0.4 is 10.2 Å². The lowest BCUT2D eigenvalue weighted by molar-refractivity contribution is 0.183. The van der Waals surface area contributed by atoms with Crippen LogP contribution in [0.2, 0.25) is 0 Å². The van der Waals surface area contributed by atoms with Crippen LogP contribution in [0.15, 0.2) is 28.7 Å². The third-order valence-electron chi connectivity index (χ3n) is 3.56. The van der Waals surface area contributed by atoms with Crippen molar-refractivity contribution in [3.63, 3.8) is 0 Å². The molecule has 0 atom stereocenters. The van der Waals surface area contributed by atoms with Gasteiger partial charge in [0.1, 0.15) is 0 Å². The lowest BCUT2D eigenvalue weighted by atomic mass is 10.2. The van der Waals surface area contributed by atoms with Crippen LogP contribution in [0.5, 0.6) is 0 Å². The number of hydrogen-bond acceptors (Lipinski definition) is 3. The van der Waals surface area contributed by atoms with Gasteiger partial charge in [0.2, 0.25) is 0 Å². The highest BCUT2D eigenvalue weighted by atomic mass is 79.9. The fourth-order valence-corrected chi connectivity index (χ4v) is 2.92. The van der Waals surface area contributed by atoms with Crippen molar-refractivity contribution in [2.45, 2.75) is 6.42 Å². The first-order valence-corrected chi connectivity index (χ1v) is 8.03. The van der Waals surface area contributed by atoms with Crippen molar-refractivity contribution in [2.75, 3.05) is 51.3 Å². The summed E-state index contributed by atoms with van der Waals surface area (Å²) in [5.74, 6) is 0. The van der Waals surface area contributed by atoms with Crippen LogP contribution in [-0.2, 0) is 4.74 Å². The topological polar surface area (TPSA) is 44.8 Å². The van der Waals surface area contributed by atoms with Crippen LogP contribution in [0, 0.1) is 0 Å². The smallest absolute Gasteiger partial charge is 0.317 e. The number of carbonyl (C=O) groups is 1. The number of nitrogens with one attached hydrogen (secondary N) is 1. The van der Waals surface area contributed by atoms with Gasteiger partial charge < -0.3 is 19.9 Å². The highest BCUT2D eigenvalue weighted by molar-refractivity contribution is 9.10. The van der Waals surface area contributed by atoms with Crippen LogP contribution in [0.3, 0.4) is 0 Å². The average Bonchev–Trinajstić information content (AvgIpc) is 2.52. The molecule has 0 aromatic heterocycles. The summed E-state index contributed by atoms with van der Waals surface area (Å²) in [5.41, 5.74) is 1.19. The summed E-state index contributed by atoms with van der Waals surface area (Å²) in [6.07, 6.45) is 0.846. The Hall–Kier alpha value is -1.27. The number of rotatable bonds is 5. The Morgan fingerprint density at radius 3 is 2.67 bits per heavy atom. The van der Waals surface area contributed by atoms with Crippen LogP contribution >= 0.6 is 15.9 Å². The average molecular weight is 356 g/mol. The number of ether oxygens (including phenoxy) is 1. The molecular weight excluding hydrogens is 334 g/mol. The molecule has 21 heavy (non-hydrogen) atoms. The molecule has 1 aromatic rings. The van der Waals surface area contributed by atoms with E-state index < -0.39 is 0 Å². The van der Waals surface area contributed by atoms with Gasteiger partial charge in [-0.05, 0) is 34.5 Å². The molecule has 1 fully saturated rings. The molecule has 0 unspecified atom stereocenters. The van der Waals surface area contributed by atoms with E-state index in [4.69, 9.17) is 4.74 Å². The minimum Gasteiger partial charge on any atom is -0.385 e. The molecule has 116 valence electrons. The molecule has 0 bridgehead atoms. The number of amides is 2. The summed E-state index contributed by atoms with van der Waals surface area (Å²) < 4.78 is 6.07. The Balaban J connectivity index is 1.78. The second-order valence-electron chi connectivity index (χ2n) is 5.00. The zero-order valence-electron chi connectivity index (χ0n) is 12.3. The summed E-state index contributed by atoms with van der Waals surface area (Å²) >= 11 is 3.58. The third-order valence-corrected chi connectivity index (χ3v) is 4.23. The van der Waals surface area contributed by atoms with Gasteiger partial charge in [-0.2, -0.15) is 0 Å². The molecule has 1 aromatic carbocycles. The number of nitrogens with zero attached hydrogens (tertiary/aromatic N) is 2. The van der Waals surface area contributed by atoms with Crippen molar-refractivity contribution in [1.29, 1.82) is 0 Å². The maximum absolute atomic E-state index is 12.0. The highest BCUT2D eigenvalue weighted by Gasteiger charge is 2.21. The molecule has 1 aliphatic heterocycles. The third kappa shape index (κ3) is 4.61. The normalized spacial score (nSPS) is 15.1. The van der Waals surface area contributed by atoms with Crippen molar-refractivity contribution in [3.05, 3.63) is 28.7 Å².